The van der Waals surface area contributed by atoms with Crippen LogP contribution in [-0.4, -0.2) is 8.07 Å². The second kappa shape index (κ2) is 5.17. The summed E-state index contributed by atoms with van der Waals surface area (Å²) in [5.74, 6) is 0. The molecule has 0 radical (unpaired) electrons. The third-order valence-electron chi connectivity index (χ3n) is 3.94. The summed E-state index contributed by atoms with van der Waals surface area (Å²) in [5, 5.41) is 1.56. The molecule has 20 heavy (non-hydrogen) atoms. The number of benzene rings is 1. The lowest BCUT2D eigenvalue weighted by Crippen LogP contribution is -2.44. The van der Waals surface area contributed by atoms with Gasteiger partial charge < -0.3 is 0 Å². The van der Waals surface area contributed by atoms with Gasteiger partial charge in [0, 0.05) is 17.2 Å². The lowest BCUT2D eigenvalue weighted by Gasteiger charge is -2.19. The van der Waals surface area contributed by atoms with Crippen LogP contribution in [0.1, 0.15) is 16.7 Å². The van der Waals surface area contributed by atoms with Crippen LogP contribution in [0, 0.1) is 20.8 Å². The molecule has 0 saturated carbocycles. The second-order valence-electron chi connectivity index (χ2n) is 6.93. The third-order valence-corrected chi connectivity index (χ3v) is 6.09. The summed E-state index contributed by atoms with van der Waals surface area (Å²) in [4.78, 5) is 0. The topological polar surface area (TPSA) is 3.88 Å². The van der Waals surface area contributed by atoms with Crippen molar-refractivity contribution in [2.24, 2.45) is 7.05 Å². The molecule has 2 aromatic rings. The summed E-state index contributed by atoms with van der Waals surface area (Å²) in [6.45, 7) is 13.8. The quantitative estimate of drug-likeness (QED) is 0.585. The van der Waals surface area contributed by atoms with E-state index in [2.05, 4.69) is 82.5 Å². The van der Waals surface area contributed by atoms with Crippen molar-refractivity contribution in [1.82, 2.24) is 0 Å². The number of hydrogen-bond acceptors (Lipinski definition) is 0. The molecule has 0 saturated heterocycles. The first-order valence-electron chi connectivity index (χ1n) is 7.28. The highest BCUT2D eigenvalue weighted by Crippen LogP contribution is 2.21. The monoisotopic (exact) mass is 284 g/mol. The van der Waals surface area contributed by atoms with Gasteiger partial charge in [-0.15, -0.1) is 0 Å². The van der Waals surface area contributed by atoms with Crippen molar-refractivity contribution in [3.8, 4) is 11.3 Å². The van der Waals surface area contributed by atoms with Gasteiger partial charge in [-0.3, -0.25) is 0 Å². The largest absolute Gasteiger partial charge is 0.212 e. The molecule has 0 bridgehead atoms. The number of rotatable bonds is 2. The lowest BCUT2D eigenvalue weighted by molar-refractivity contribution is -0.660. The molecule has 1 aromatic carbocycles. The van der Waals surface area contributed by atoms with E-state index in [9.17, 15) is 0 Å². The summed E-state index contributed by atoms with van der Waals surface area (Å²) < 4.78 is 2.26. The van der Waals surface area contributed by atoms with Crippen LogP contribution in [0.25, 0.3) is 11.3 Å². The zero-order chi connectivity index (χ0) is 15.1. The maximum absolute atomic E-state index is 2.42. The molecule has 1 heterocycles. The van der Waals surface area contributed by atoms with E-state index in [0.29, 0.717) is 0 Å². The van der Waals surface area contributed by atoms with Crippen molar-refractivity contribution >= 4 is 13.3 Å². The Hall–Kier alpha value is -1.41. The van der Waals surface area contributed by atoms with Crippen molar-refractivity contribution in [3.63, 3.8) is 0 Å². The third kappa shape index (κ3) is 2.85. The van der Waals surface area contributed by atoms with E-state index in [4.69, 9.17) is 0 Å². The first-order chi connectivity index (χ1) is 9.20. The molecule has 0 aliphatic heterocycles. The molecule has 106 valence electrons. The average Bonchev–Trinajstić information content (AvgIpc) is 2.28. The van der Waals surface area contributed by atoms with Crippen LogP contribution in [-0.2, 0) is 7.05 Å². The number of pyridine rings is 1. The van der Waals surface area contributed by atoms with E-state index in [-0.39, 0.29) is 0 Å². The fraction of sp³-hybridized carbons (Fsp3) is 0.389. The second-order valence-corrected chi connectivity index (χ2v) is 12.0. The summed E-state index contributed by atoms with van der Waals surface area (Å²) >= 11 is 0. The first kappa shape index (κ1) is 15.0. The smallest absolute Gasteiger partial charge is 0.201 e. The average molecular weight is 284 g/mol. The van der Waals surface area contributed by atoms with Gasteiger partial charge in [-0.25, -0.2) is 4.57 Å². The van der Waals surface area contributed by atoms with Crippen LogP contribution < -0.4 is 9.75 Å². The molecular weight excluding hydrogens is 258 g/mol. The van der Waals surface area contributed by atoms with Crippen LogP contribution in [0.15, 0.2) is 30.5 Å². The molecule has 0 aliphatic carbocycles. The molecule has 0 atom stereocenters. The maximum Gasteiger partial charge on any atom is 0.212 e. The van der Waals surface area contributed by atoms with Gasteiger partial charge in [-0.1, -0.05) is 37.3 Å². The predicted molar refractivity (Wildman–Crippen MR) is 90.2 cm³/mol. The van der Waals surface area contributed by atoms with Crippen LogP contribution in [0.5, 0.6) is 0 Å². The number of nitrogens with zero attached hydrogens (tertiary/aromatic N) is 1. The van der Waals surface area contributed by atoms with Gasteiger partial charge in [0.25, 0.3) is 0 Å². The molecule has 0 N–H and O–H groups in total. The summed E-state index contributed by atoms with van der Waals surface area (Å²) in [6.07, 6.45) is 2.28. The van der Waals surface area contributed by atoms with E-state index in [1.807, 2.05) is 0 Å². The lowest BCUT2D eigenvalue weighted by atomic mass is 10.0. The molecule has 0 spiro atoms. The number of aromatic nitrogens is 1. The molecule has 0 aliphatic rings. The van der Waals surface area contributed by atoms with E-state index in [0.717, 1.165) is 0 Å². The van der Waals surface area contributed by atoms with Gasteiger partial charge in [-0.2, -0.15) is 0 Å². The van der Waals surface area contributed by atoms with Crippen LogP contribution in [0.2, 0.25) is 19.6 Å². The zero-order valence-corrected chi connectivity index (χ0v) is 14.8. The fourth-order valence-corrected chi connectivity index (χ4v) is 4.78. The van der Waals surface area contributed by atoms with Crippen molar-refractivity contribution < 1.29 is 4.57 Å². The van der Waals surface area contributed by atoms with Gasteiger partial charge in [0.15, 0.2) is 6.20 Å². The molecule has 0 amide bonds. The minimum Gasteiger partial charge on any atom is -0.201 e. The molecule has 2 heteroatoms. The van der Waals surface area contributed by atoms with Crippen molar-refractivity contribution in [2.75, 3.05) is 0 Å². The predicted octanol–water partition coefficient (Wildman–Crippen LogP) is 3.65. The van der Waals surface area contributed by atoms with Gasteiger partial charge in [0.05, 0.1) is 8.07 Å². The minimum absolute atomic E-state index is 1.31. The first-order valence-corrected chi connectivity index (χ1v) is 10.8. The summed E-state index contributed by atoms with van der Waals surface area (Å²) in [6, 6.07) is 9.14. The summed E-state index contributed by atoms with van der Waals surface area (Å²) in [7, 11) is 0.842. The van der Waals surface area contributed by atoms with Crippen molar-refractivity contribution in [1.29, 1.82) is 0 Å². The highest BCUT2D eigenvalue weighted by molar-refractivity contribution is 6.89. The Balaban J connectivity index is 2.68. The highest BCUT2D eigenvalue weighted by Gasteiger charge is 2.24. The van der Waals surface area contributed by atoms with Crippen LogP contribution >= 0.6 is 0 Å². The normalized spacial score (nSPS) is 11.8. The van der Waals surface area contributed by atoms with Gasteiger partial charge >= 0.3 is 0 Å². The Morgan fingerprint density at radius 1 is 0.900 bits per heavy atom. The molecule has 0 fully saturated rings. The van der Waals surface area contributed by atoms with Gasteiger partial charge in [0.2, 0.25) is 5.69 Å². The SMILES string of the molecule is Cc1ccc(-c2cc([Si](C)(C)C)c(C)c[n+]2C)c(C)c1. The molecule has 0 unspecified atom stereocenters. The van der Waals surface area contributed by atoms with Crippen LogP contribution in [0.3, 0.4) is 0 Å². The molecule has 2 rings (SSSR count). The number of hydrogen-bond donors (Lipinski definition) is 0. The van der Waals surface area contributed by atoms with E-state index in [1.54, 1.807) is 5.19 Å². The standard InChI is InChI=1S/C18H26NSi/c1-13-8-9-16(14(2)10-13)17-11-18(20(5,6)7)15(3)12-19(17)4/h8-12H,1-7H3/q+1. The maximum atomic E-state index is 2.42. The van der Waals surface area contributed by atoms with Crippen LogP contribution in [0.4, 0.5) is 0 Å². The fourth-order valence-electron chi connectivity index (χ4n) is 2.96. The van der Waals surface area contributed by atoms with Gasteiger partial charge in [0.1, 0.15) is 7.05 Å². The van der Waals surface area contributed by atoms with Crippen molar-refractivity contribution in [3.05, 3.63) is 47.2 Å². The Kier molecular flexibility index (Phi) is 3.87. The van der Waals surface area contributed by atoms with E-state index >= 15 is 0 Å². The van der Waals surface area contributed by atoms with E-state index in [1.165, 1.54) is 27.9 Å². The Morgan fingerprint density at radius 3 is 2.10 bits per heavy atom. The van der Waals surface area contributed by atoms with E-state index < -0.39 is 8.07 Å². The Labute approximate surface area is 124 Å². The minimum atomic E-state index is -1.31. The molecule has 1 nitrogen and oxygen atoms in total. The Morgan fingerprint density at radius 2 is 1.55 bits per heavy atom. The molecule has 1 aromatic heterocycles. The Bertz CT molecular complexity index is 651. The highest BCUT2D eigenvalue weighted by atomic mass is 28.3. The zero-order valence-electron chi connectivity index (χ0n) is 13.8. The molecular formula is C18H26NSi+. The summed E-state index contributed by atoms with van der Waals surface area (Å²) in [5.41, 5.74) is 6.76. The van der Waals surface area contributed by atoms with Gasteiger partial charge in [-0.05, 0) is 37.6 Å². The van der Waals surface area contributed by atoms with Crippen molar-refractivity contribution in [2.45, 2.75) is 40.4 Å². The number of aryl methyl sites for hydroxylation is 4.